The number of piperidine rings is 1. The van der Waals surface area contributed by atoms with Gasteiger partial charge in [-0.3, -0.25) is 0 Å². The molecule has 1 fully saturated rings. The van der Waals surface area contributed by atoms with E-state index in [4.69, 9.17) is 0 Å². The Hall–Kier alpha value is -1.37. The van der Waals surface area contributed by atoms with Crippen LogP contribution in [0.2, 0.25) is 0 Å². The van der Waals surface area contributed by atoms with E-state index in [0.717, 1.165) is 42.5 Å². The van der Waals surface area contributed by atoms with E-state index in [1.54, 1.807) is 30.3 Å². The molecule has 7 heteroatoms. The normalized spacial score (nSPS) is 16.5. The Morgan fingerprint density at radius 3 is 2.63 bits per heavy atom. The SMILES string of the molecule is CCc1nnc(NC2CCN(C(=O)N(C)C)CC2)s1. The molecule has 1 aliphatic rings. The molecule has 106 valence electrons. The number of aryl methyl sites for hydroxylation is 1. The molecular weight excluding hydrogens is 262 g/mol. The third-order valence-electron chi connectivity index (χ3n) is 3.24. The molecule has 6 nitrogen and oxygen atoms in total. The van der Waals surface area contributed by atoms with Gasteiger partial charge in [0.05, 0.1) is 0 Å². The van der Waals surface area contributed by atoms with Crippen LogP contribution in [-0.4, -0.2) is 59.3 Å². The second-order valence-electron chi connectivity index (χ2n) is 4.94. The quantitative estimate of drug-likeness (QED) is 0.916. The van der Waals surface area contributed by atoms with Crippen molar-refractivity contribution in [2.24, 2.45) is 0 Å². The second kappa shape index (κ2) is 6.18. The lowest BCUT2D eigenvalue weighted by atomic mass is 10.1. The largest absolute Gasteiger partial charge is 0.357 e. The van der Waals surface area contributed by atoms with Gasteiger partial charge >= 0.3 is 6.03 Å². The monoisotopic (exact) mass is 283 g/mol. The van der Waals surface area contributed by atoms with E-state index in [1.165, 1.54) is 0 Å². The first-order chi connectivity index (χ1) is 9.10. The van der Waals surface area contributed by atoms with Gasteiger partial charge in [0.25, 0.3) is 0 Å². The van der Waals surface area contributed by atoms with E-state index >= 15 is 0 Å². The minimum atomic E-state index is 0.0997. The number of urea groups is 1. The zero-order valence-electron chi connectivity index (χ0n) is 11.7. The van der Waals surface area contributed by atoms with Crippen molar-refractivity contribution >= 4 is 22.5 Å². The smallest absolute Gasteiger partial charge is 0.319 e. The summed E-state index contributed by atoms with van der Waals surface area (Å²) >= 11 is 1.62. The first kappa shape index (κ1) is 14.0. The van der Waals surface area contributed by atoms with E-state index in [0.29, 0.717) is 6.04 Å². The van der Waals surface area contributed by atoms with Gasteiger partial charge in [-0.15, -0.1) is 10.2 Å². The number of aromatic nitrogens is 2. The minimum absolute atomic E-state index is 0.0997. The van der Waals surface area contributed by atoms with Gasteiger partial charge in [-0.25, -0.2) is 4.79 Å². The number of nitrogens with one attached hydrogen (secondary N) is 1. The Morgan fingerprint density at radius 1 is 1.42 bits per heavy atom. The second-order valence-corrected chi connectivity index (χ2v) is 6.00. The van der Waals surface area contributed by atoms with Crippen LogP contribution < -0.4 is 5.32 Å². The van der Waals surface area contributed by atoms with Crippen LogP contribution in [-0.2, 0) is 6.42 Å². The summed E-state index contributed by atoms with van der Waals surface area (Å²) in [4.78, 5) is 15.3. The summed E-state index contributed by atoms with van der Waals surface area (Å²) in [6, 6.07) is 0.492. The van der Waals surface area contributed by atoms with Gasteiger partial charge < -0.3 is 15.1 Å². The zero-order chi connectivity index (χ0) is 13.8. The van der Waals surface area contributed by atoms with Crippen molar-refractivity contribution in [1.29, 1.82) is 0 Å². The molecule has 0 atom stereocenters. The summed E-state index contributed by atoms with van der Waals surface area (Å²) in [5.41, 5.74) is 0. The molecule has 2 amide bonds. The van der Waals surface area contributed by atoms with Crippen LogP contribution in [0.15, 0.2) is 0 Å². The number of amides is 2. The maximum atomic E-state index is 11.8. The Morgan fingerprint density at radius 2 is 2.11 bits per heavy atom. The number of hydrogen-bond donors (Lipinski definition) is 1. The number of carbonyl (C=O) groups excluding carboxylic acids is 1. The molecule has 0 saturated carbocycles. The predicted molar refractivity (Wildman–Crippen MR) is 76.6 cm³/mol. The van der Waals surface area contributed by atoms with Gasteiger partial charge in [-0.2, -0.15) is 0 Å². The molecule has 0 radical (unpaired) electrons. The first-order valence-corrected chi connectivity index (χ1v) is 7.47. The predicted octanol–water partition coefficient (Wildman–Crippen LogP) is 1.66. The molecule has 1 saturated heterocycles. The molecule has 19 heavy (non-hydrogen) atoms. The first-order valence-electron chi connectivity index (χ1n) is 6.65. The third-order valence-corrected chi connectivity index (χ3v) is 4.24. The number of carbonyl (C=O) groups is 1. The van der Waals surface area contributed by atoms with Gasteiger partial charge in [0.2, 0.25) is 5.13 Å². The Bertz CT molecular complexity index is 426. The number of rotatable bonds is 3. The molecule has 0 spiro atoms. The molecule has 0 unspecified atom stereocenters. The number of anilines is 1. The molecule has 1 aromatic rings. The van der Waals surface area contributed by atoms with Gasteiger partial charge in [0.1, 0.15) is 5.01 Å². The highest BCUT2D eigenvalue weighted by molar-refractivity contribution is 7.15. The maximum absolute atomic E-state index is 11.8. The summed E-state index contributed by atoms with van der Waals surface area (Å²) in [5, 5.41) is 13.6. The molecule has 1 N–H and O–H groups in total. The Balaban J connectivity index is 1.81. The lowest BCUT2D eigenvalue weighted by Crippen LogP contribution is -2.46. The molecular formula is C12H21N5OS. The number of hydrogen-bond acceptors (Lipinski definition) is 5. The van der Waals surface area contributed by atoms with Crippen molar-refractivity contribution in [3.8, 4) is 0 Å². The maximum Gasteiger partial charge on any atom is 0.319 e. The lowest BCUT2D eigenvalue weighted by Gasteiger charge is -2.33. The van der Waals surface area contributed by atoms with Crippen LogP contribution >= 0.6 is 11.3 Å². The van der Waals surface area contributed by atoms with Crippen LogP contribution in [0.4, 0.5) is 9.93 Å². The standard InChI is InChI=1S/C12H21N5OS/c1-4-10-14-15-11(19-10)13-9-5-7-17(8-6-9)12(18)16(2)3/h9H,4-8H2,1-3H3,(H,13,15). The van der Waals surface area contributed by atoms with Crippen molar-refractivity contribution in [2.45, 2.75) is 32.2 Å². The number of nitrogens with zero attached hydrogens (tertiary/aromatic N) is 4. The van der Waals surface area contributed by atoms with Crippen LogP contribution in [0.5, 0.6) is 0 Å². The van der Waals surface area contributed by atoms with Crippen molar-refractivity contribution in [1.82, 2.24) is 20.0 Å². The fraction of sp³-hybridized carbons (Fsp3) is 0.750. The van der Waals surface area contributed by atoms with Crippen LogP contribution in [0.25, 0.3) is 0 Å². The molecule has 1 aromatic heterocycles. The summed E-state index contributed by atoms with van der Waals surface area (Å²) < 4.78 is 0. The fourth-order valence-corrected chi connectivity index (χ4v) is 2.88. The molecule has 0 aliphatic carbocycles. The van der Waals surface area contributed by atoms with Gasteiger partial charge in [-0.1, -0.05) is 18.3 Å². The van der Waals surface area contributed by atoms with E-state index in [2.05, 4.69) is 22.4 Å². The van der Waals surface area contributed by atoms with Crippen LogP contribution in [0, 0.1) is 0 Å². The molecule has 2 heterocycles. The van der Waals surface area contributed by atoms with Crippen molar-refractivity contribution in [3.63, 3.8) is 0 Å². The molecule has 2 rings (SSSR count). The van der Waals surface area contributed by atoms with Gasteiger partial charge in [-0.05, 0) is 19.3 Å². The summed E-state index contributed by atoms with van der Waals surface area (Å²) in [7, 11) is 3.58. The van der Waals surface area contributed by atoms with E-state index in [-0.39, 0.29) is 6.03 Å². The van der Waals surface area contributed by atoms with Crippen molar-refractivity contribution < 1.29 is 4.79 Å². The third kappa shape index (κ3) is 3.56. The Labute approximate surface area is 117 Å². The van der Waals surface area contributed by atoms with Crippen LogP contribution in [0.3, 0.4) is 0 Å². The van der Waals surface area contributed by atoms with Gasteiger partial charge in [0.15, 0.2) is 0 Å². The minimum Gasteiger partial charge on any atom is -0.357 e. The average Bonchev–Trinajstić information content (AvgIpc) is 2.86. The highest BCUT2D eigenvalue weighted by Crippen LogP contribution is 2.20. The van der Waals surface area contributed by atoms with E-state index < -0.39 is 0 Å². The molecule has 0 bridgehead atoms. The lowest BCUT2D eigenvalue weighted by molar-refractivity contribution is 0.158. The highest BCUT2D eigenvalue weighted by atomic mass is 32.1. The molecule has 0 aromatic carbocycles. The highest BCUT2D eigenvalue weighted by Gasteiger charge is 2.24. The van der Waals surface area contributed by atoms with Crippen molar-refractivity contribution in [3.05, 3.63) is 5.01 Å². The van der Waals surface area contributed by atoms with E-state index in [1.807, 2.05) is 4.90 Å². The average molecular weight is 283 g/mol. The molecule has 1 aliphatic heterocycles. The summed E-state index contributed by atoms with van der Waals surface area (Å²) in [6.07, 6.45) is 2.84. The van der Waals surface area contributed by atoms with E-state index in [9.17, 15) is 4.79 Å². The van der Waals surface area contributed by atoms with Crippen LogP contribution in [0.1, 0.15) is 24.8 Å². The van der Waals surface area contributed by atoms with Crippen molar-refractivity contribution in [2.75, 3.05) is 32.5 Å². The fourth-order valence-electron chi connectivity index (χ4n) is 2.13. The topological polar surface area (TPSA) is 61.4 Å². The summed E-state index contributed by atoms with van der Waals surface area (Å²) in [5.74, 6) is 0. The van der Waals surface area contributed by atoms with Gasteiger partial charge in [0, 0.05) is 33.2 Å². The zero-order valence-corrected chi connectivity index (χ0v) is 12.5. The number of likely N-dealkylation sites (tertiary alicyclic amines) is 1. The Kier molecular flexibility index (Phi) is 4.57. The summed E-state index contributed by atoms with van der Waals surface area (Å²) in [6.45, 7) is 3.68.